The SMILES string of the molecule is CCOC(=O)C1=[N+]([O-])O[C@H]([C@H](C)NS(=O)(=O)c2ccc(C)cc2)C1O. The summed E-state index contributed by atoms with van der Waals surface area (Å²) < 4.78 is 31.8. The van der Waals surface area contributed by atoms with Crippen molar-refractivity contribution in [2.45, 2.75) is 43.9 Å². The quantitative estimate of drug-likeness (QED) is 0.525. The fourth-order valence-corrected chi connectivity index (χ4v) is 3.60. The fourth-order valence-electron chi connectivity index (χ4n) is 2.35. The summed E-state index contributed by atoms with van der Waals surface area (Å²) in [6.45, 7) is 4.81. The van der Waals surface area contributed by atoms with E-state index in [9.17, 15) is 23.5 Å². The van der Waals surface area contributed by atoms with Crippen LogP contribution in [0.2, 0.25) is 0 Å². The molecule has 1 aromatic rings. The lowest BCUT2D eigenvalue weighted by molar-refractivity contribution is -0.741. The smallest absolute Gasteiger partial charge is 0.408 e. The van der Waals surface area contributed by atoms with E-state index in [1.54, 1.807) is 19.1 Å². The van der Waals surface area contributed by atoms with Gasteiger partial charge in [0.15, 0.2) is 6.10 Å². The third-order valence-corrected chi connectivity index (χ3v) is 5.23. The van der Waals surface area contributed by atoms with Crippen molar-refractivity contribution in [3.05, 3.63) is 35.0 Å². The fraction of sp³-hybridized carbons (Fsp3) is 0.467. The normalized spacial score (nSPS) is 21.8. The molecule has 0 amide bonds. The van der Waals surface area contributed by atoms with Crippen molar-refractivity contribution in [3.63, 3.8) is 0 Å². The molecule has 3 atom stereocenters. The number of rotatable bonds is 6. The average molecular weight is 372 g/mol. The molecule has 0 aliphatic carbocycles. The Bertz CT molecular complexity index is 774. The number of sulfonamides is 1. The Morgan fingerprint density at radius 2 is 2.04 bits per heavy atom. The molecular weight excluding hydrogens is 352 g/mol. The Balaban J connectivity index is 2.13. The number of ether oxygens (including phenoxy) is 1. The summed E-state index contributed by atoms with van der Waals surface area (Å²) in [4.78, 5) is 16.5. The second-order valence-corrected chi connectivity index (χ2v) is 7.31. The molecular formula is C15H20N2O7S. The van der Waals surface area contributed by atoms with Gasteiger partial charge in [0.2, 0.25) is 10.0 Å². The number of nitrogens with one attached hydrogen (secondary N) is 1. The van der Waals surface area contributed by atoms with Gasteiger partial charge in [0.1, 0.15) is 6.10 Å². The van der Waals surface area contributed by atoms with E-state index >= 15 is 0 Å². The molecule has 0 saturated heterocycles. The highest BCUT2D eigenvalue weighted by atomic mass is 32.2. The number of aliphatic hydroxyl groups is 1. The maximum Gasteiger partial charge on any atom is 0.408 e. The molecule has 2 rings (SSSR count). The molecule has 1 aliphatic heterocycles. The number of nitrogens with zero attached hydrogens (tertiary/aromatic N) is 1. The van der Waals surface area contributed by atoms with Crippen LogP contribution in [0.25, 0.3) is 0 Å². The maximum atomic E-state index is 12.4. The van der Waals surface area contributed by atoms with Gasteiger partial charge in [-0.15, -0.1) is 0 Å². The zero-order valence-electron chi connectivity index (χ0n) is 14.0. The van der Waals surface area contributed by atoms with Crippen LogP contribution in [0.15, 0.2) is 29.2 Å². The van der Waals surface area contributed by atoms with Gasteiger partial charge in [0.25, 0.3) is 0 Å². The molecule has 25 heavy (non-hydrogen) atoms. The highest BCUT2D eigenvalue weighted by Crippen LogP contribution is 2.18. The van der Waals surface area contributed by atoms with Crippen molar-refractivity contribution in [3.8, 4) is 0 Å². The Morgan fingerprint density at radius 1 is 1.44 bits per heavy atom. The van der Waals surface area contributed by atoms with Crippen LogP contribution in [-0.4, -0.2) is 55.0 Å². The Labute approximate surface area is 145 Å². The van der Waals surface area contributed by atoms with E-state index in [1.165, 1.54) is 19.1 Å². The van der Waals surface area contributed by atoms with Gasteiger partial charge in [-0.3, -0.25) is 5.21 Å². The molecule has 2 N–H and O–H groups in total. The molecule has 1 unspecified atom stereocenters. The summed E-state index contributed by atoms with van der Waals surface area (Å²) in [5, 5.41) is 21.9. The third-order valence-electron chi connectivity index (χ3n) is 3.66. The number of carbonyl (C=O) groups excluding carboxylic acids is 1. The van der Waals surface area contributed by atoms with Crippen molar-refractivity contribution in [2.75, 3.05) is 6.61 Å². The molecule has 1 heterocycles. The van der Waals surface area contributed by atoms with E-state index in [0.717, 1.165) is 5.56 Å². The number of benzene rings is 1. The van der Waals surface area contributed by atoms with Crippen LogP contribution in [0.3, 0.4) is 0 Å². The lowest BCUT2D eigenvalue weighted by atomic mass is 10.0. The minimum Gasteiger partial charge on any atom is -0.458 e. The molecule has 0 spiro atoms. The predicted molar refractivity (Wildman–Crippen MR) is 87.1 cm³/mol. The van der Waals surface area contributed by atoms with Crippen LogP contribution >= 0.6 is 0 Å². The molecule has 0 fully saturated rings. The van der Waals surface area contributed by atoms with Crippen LogP contribution in [0.4, 0.5) is 0 Å². The maximum absolute atomic E-state index is 12.4. The Kier molecular flexibility index (Phi) is 5.65. The first-order chi connectivity index (χ1) is 11.7. The van der Waals surface area contributed by atoms with Crippen LogP contribution in [-0.2, 0) is 24.4 Å². The number of hydrogen-bond acceptors (Lipinski definition) is 7. The second-order valence-electron chi connectivity index (χ2n) is 5.60. The number of carbonyl (C=O) groups is 1. The van der Waals surface area contributed by atoms with Crippen molar-refractivity contribution < 1.29 is 32.8 Å². The van der Waals surface area contributed by atoms with E-state index in [0.29, 0.717) is 0 Å². The van der Waals surface area contributed by atoms with E-state index in [-0.39, 0.29) is 16.4 Å². The van der Waals surface area contributed by atoms with Crippen LogP contribution in [0.5, 0.6) is 0 Å². The third kappa shape index (κ3) is 4.09. The van der Waals surface area contributed by atoms with Crippen molar-refractivity contribution >= 4 is 21.7 Å². The lowest BCUT2D eigenvalue weighted by Gasteiger charge is -2.23. The van der Waals surface area contributed by atoms with E-state index < -0.39 is 40.0 Å². The zero-order chi connectivity index (χ0) is 18.8. The van der Waals surface area contributed by atoms with Crippen molar-refractivity contribution in [1.82, 2.24) is 4.72 Å². The molecule has 0 aromatic heterocycles. The van der Waals surface area contributed by atoms with Crippen molar-refractivity contribution in [1.29, 1.82) is 0 Å². The minimum atomic E-state index is -3.89. The highest BCUT2D eigenvalue weighted by molar-refractivity contribution is 7.89. The molecule has 1 aliphatic rings. The van der Waals surface area contributed by atoms with Crippen LogP contribution < -0.4 is 4.72 Å². The van der Waals surface area contributed by atoms with Gasteiger partial charge in [-0.2, -0.15) is 0 Å². The molecule has 10 heteroatoms. The summed E-state index contributed by atoms with van der Waals surface area (Å²) in [6.07, 6.45) is -2.88. The molecule has 138 valence electrons. The Morgan fingerprint density at radius 3 is 2.60 bits per heavy atom. The number of aliphatic hydroxyl groups excluding tert-OH is 1. The second kappa shape index (κ2) is 7.38. The largest absolute Gasteiger partial charge is 0.458 e. The molecule has 0 saturated carbocycles. The first-order valence-corrected chi connectivity index (χ1v) is 9.10. The lowest BCUT2D eigenvalue weighted by Crippen LogP contribution is -2.48. The highest BCUT2D eigenvalue weighted by Gasteiger charge is 2.47. The van der Waals surface area contributed by atoms with Gasteiger partial charge < -0.3 is 14.7 Å². The van der Waals surface area contributed by atoms with Crippen LogP contribution in [0, 0.1) is 12.1 Å². The summed E-state index contributed by atoms with van der Waals surface area (Å²) in [5.74, 6) is -1.01. The Hall–Kier alpha value is -2.17. The number of aryl methyl sites for hydroxylation is 1. The van der Waals surface area contributed by atoms with E-state index in [1.807, 2.05) is 6.92 Å². The average Bonchev–Trinajstić information content (AvgIpc) is 2.82. The summed E-state index contributed by atoms with van der Waals surface area (Å²) in [7, 11) is -3.89. The standard InChI is InChI=1S/C15H20N2O7S/c1-4-23-15(19)12-13(18)14(24-17(12)20)10(3)16-25(21,22)11-7-5-9(2)6-8-11/h5-8,10,13-14,16,18H,4H2,1-3H3/t10-,13?,14+/m0/s1. The molecule has 9 nitrogen and oxygen atoms in total. The topological polar surface area (TPSA) is 128 Å². The summed E-state index contributed by atoms with van der Waals surface area (Å²) >= 11 is 0. The van der Waals surface area contributed by atoms with Gasteiger partial charge in [0.05, 0.1) is 16.4 Å². The van der Waals surface area contributed by atoms with Gasteiger partial charge in [-0.05, 0) is 32.9 Å². The first kappa shape index (κ1) is 19.2. The van der Waals surface area contributed by atoms with Crippen molar-refractivity contribution in [2.24, 2.45) is 0 Å². The molecule has 0 bridgehead atoms. The molecule has 0 radical (unpaired) electrons. The summed E-state index contributed by atoms with van der Waals surface area (Å²) in [6, 6.07) is 5.18. The summed E-state index contributed by atoms with van der Waals surface area (Å²) in [5.41, 5.74) is 0.283. The number of hydrogen-bond donors (Lipinski definition) is 2. The predicted octanol–water partition coefficient (Wildman–Crippen LogP) is -0.149. The first-order valence-electron chi connectivity index (χ1n) is 7.62. The monoisotopic (exact) mass is 372 g/mol. The van der Waals surface area contributed by atoms with Gasteiger partial charge in [0, 0.05) is 6.04 Å². The zero-order valence-corrected chi connectivity index (χ0v) is 14.8. The molecule has 1 aromatic carbocycles. The van der Waals surface area contributed by atoms with Crippen LogP contribution in [0.1, 0.15) is 19.4 Å². The van der Waals surface area contributed by atoms with Gasteiger partial charge >= 0.3 is 11.7 Å². The van der Waals surface area contributed by atoms with Gasteiger partial charge in [-0.1, -0.05) is 17.7 Å². The minimum absolute atomic E-state index is 0.0170. The number of esters is 1. The van der Waals surface area contributed by atoms with E-state index in [4.69, 9.17) is 4.84 Å². The van der Waals surface area contributed by atoms with E-state index in [2.05, 4.69) is 9.46 Å². The van der Waals surface area contributed by atoms with Gasteiger partial charge in [-0.25, -0.2) is 17.9 Å².